The van der Waals surface area contributed by atoms with Crippen LogP contribution in [0.25, 0.3) is 0 Å². The first kappa shape index (κ1) is 11.9. The molecule has 1 saturated carbocycles. The van der Waals surface area contributed by atoms with Gasteiger partial charge >= 0.3 is 5.97 Å². The second kappa shape index (κ2) is 4.33. The Morgan fingerprint density at radius 3 is 2.56 bits per heavy atom. The lowest BCUT2D eigenvalue weighted by Crippen LogP contribution is -2.47. The number of aliphatic carboxylic acids is 1. The van der Waals surface area contributed by atoms with Crippen LogP contribution in [0.4, 0.5) is 0 Å². The summed E-state index contributed by atoms with van der Waals surface area (Å²) in [7, 11) is -3.20. The van der Waals surface area contributed by atoms with Crippen molar-refractivity contribution in [2.24, 2.45) is 5.92 Å². The quantitative estimate of drug-likeness (QED) is 0.778. The van der Waals surface area contributed by atoms with Crippen LogP contribution in [-0.2, 0) is 14.8 Å². The van der Waals surface area contributed by atoms with Gasteiger partial charge in [0, 0.05) is 12.6 Å². The smallest absolute Gasteiger partial charge is 0.308 e. The first-order valence-corrected chi connectivity index (χ1v) is 7.35. The Labute approximate surface area is 95.5 Å². The second-order valence-corrected chi connectivity index (χ2v) is 6.62. The summed E-state index contributed by atoms with van der Waals surface area (Å²) in [6.45, 7) is 0.497. The van der Waals surface area contributed by atoms with Crippen LogP contribution in [0.3, 0.4) is 0 Å². The molecule has 2 unspecified atom stereocenters. The van der Waals surface area contributed by atoms with E-state index >= 15 is 0 Å². The molecule has 0 aromatic rings. The van der Waals surface area contributed by atoms with Crippen LogP contribution < -0.4 is 0 Å². The summed E-state index contributed by atoms with van der Waals surface area (Å²) in [5.41, 5.74) is 0. The Morgan fingerprint density at radius 1 is 1.19 bits per heavy atom. The van der Waals surface area contributed by atoms with Crippen molar-refractivity contribution >= 4 is 16.0 Å². The maximum atomic E-state index is 11.9. The van der Waals surface area contributed by atoms with Crippen molar-refractivity contribution in [3.05, 3.63) is 0 Å². The molecule has 0 spiro atoms. The average Bonchev–Trinajstić information content (AvgIpc) is 2.65. The van der Waals surface area contributed by atoms with E-state index in [2.05, 4.69) is 0 Å². The van der Waals surface area contributed by atoms with Gasteiger partial charge in [-0.05, 0) is 25.7 Å². The molecule has 0 aromatic carbocycles. The highest BCUT2D eigenvalue weighted by atomic mass is 32.2. The van der Waals surface area contributed by atoms with Gasteiger partial charge in [0.2, 0.25) is 10.0 Å². The van der Waals surface area contributed by atoms with Gasteiger partial charge in [-0.25, -0.2) is 8.42 Å². The fraction of sp³-hybridized carbons (Fsp3) is 0.900. The maximum absolute atomic E-state index is 11.9. The molecule has 2 fully saturated rings. The number of hydrogen-bond donors (Lipinski definition) is 1. The van der Waals surface area contributed by atoms with E-state index in [1.165, 1.54) is 4.31 Å². The molecule has 6 heteroatoms. The van der Waals surface area contributed by atoms with Gasteiger partial charge in [0.1, 0.15) is 0 Å². The SMILES string of the molecule is O=C(O)C1CCCC1N1CCCCS1(=O)=O. The fourth-order valence-corrected chi connectivity index (χ4v) is 4.63. The minimum absolute atomic E-state index is 0.176. The van der Waals surface area contributed by atoms with Crippen molar-refractivity contribution in [2.75, 3.05) is 12.3 Å². The molecule has 2 rings (SSSR count). The van der Waals surface area contributed by atoms with Crippen molar-refractivity contribution in [2.45, 2.75) is 38.1 Å². The van der Waals surface area contributed by atoms with Gasteiger partial charge in [0.05, 0.1) is 11.7 Å². The summed E-state index contributed by atoms with van der Waals surface area (Å²) in [5.74, 6) is -1.19. The predicted molar refractivity (Wildman–Crippen MR) is 58.5 cm³/mol. The van der Waals surface area contributed by atoms with Crippen LogP contribution >= 0.6 is 0 Å². The van der Waals surface area contributed by atoms with E-state index in [1.807, 2.05) is 0 Å². The van der Waals surface area contributed by atoms with Crippen molar-refractivity contribution in [3.8, 4) is 0 Å². The van der Waals surface area contributed by atoms with E-state index in [-0.39, 0.29) is 11.8 Å². The highest BCUT2D eigenvalue weighted by Gasteiger charge is 2.42. The fourth-order valence-electron chi connectivity index (χ4n) is 2.75. The summed E-state index contributed by atoms with van der Waals surface area (Å²) >= 11 is 0. The average molecular weight is 247 g/mol. The van der Waals surface area contributed by atoms with Crippen LogP contribution in [0.2, 0.25) is 0 Å². The zero-order chi connectivity index (χ0) is 11.8. The Balaban J connectivity index is 2.19. The maximum Gasteiger partial charge on any atom is 0.308 e. The molecule has 0 amide bonds. The molecular formula is C10H17NO4S. The van der Waals surface area contributed by atoms with Gasteiger partial charge in [-0.3, -0.25) is 4.79 Å². The molecule has 0 radical (unpaired) electrons. The standard InChI is InChI=1S/C10H17NO4S/c12-10(13)8-4-3-5-9(8)11-6-1-2-7-16(11,14)15/h8-9H,1-7H2,(H,12,13). The first-order valence-electron chi connectivity index (χ1n) is 5.75. The molecular weight excluding hydrogens is 230 g/mol. The summed E-state index contributed by atoms with van der Waals surface area (Å²) in [4.78, 5) is 11.0. The lowest BCUT2D eigenvalue weighted by atomic mass is 10.0. The summed E-state index contributed by atoms with van der Waals surface area (Å²) in [6, 6.07) is -0.303. The van der Waals surface area contributed by atoms with Gasteiger partial charge in [0.15, 0.2) is 0 Å². The Bertz CT molecular complexity index is 378. The van der Waals surface area contributed by atoms with E-state index in [4.69, 9.17) is 5.11 Å². The molecule has 92 valence electrons. The molecule has 16 heavy (non-hydrogen) atoms. The first-order chi connectivity index (χ1) is 7.52. The van der Waals surface area contributed by atoms with Gasteiger partial charge in [-0.2, -0.15) is 4.31 Å². The highest BCUT2D eigenvalue weighted by Crippen LogP contribution is 2.33. The molecule has 5 nitrogen and oxygen atoms in total. The van der Waals surface area contributed by atoms with Crippen LogP contribution in [0.1, 0.15) is 32.1 Å². The second-order valence-electron chi connectivity index (χ2n) is 4.58. The third-order valence-corrected chi connectivity index (χ3v) is 5.53. The van der Waals surface area contributed by atoms with Gasteiger partial charge < -0.3 is 5.11 Å². The number of carboxylic acids is 1. The zero-order valence-electron chi connectivity index (χ0n) is 9.13. The molecule has 1 saturated heterocycles. The Kier molecular flexibility index (Phi) is 3.21. The van der Waals surface area contributed by atoms with E-state index < -0.39 is 21.9 Å². The Morgan fingerprint density at radius 2 is 1.94 bits per heavy atom. The third kappa shape index (κ3) is 2.08. The molecule has 1 aliphatic carbocycles. The lowest BCUT2D eigenvalue weighted by molar-refractivity contribution is -0.142. The molecule has 0 aromatic heterocycles. The molecule has 2 atom stereocenters. The number of nitrogens with zero attached hydrogens (tertiary/aromatic N) is 1. The summed E-state index contributed by atoms with van der Waals surface area (Å²) in [6.07, 6.45) is 3.65. The van der Waals surface area contributed by atoms with Gasteiger partial charge in [0.25, 0.3) is 0 Å². The summed E-state index contributed by atoms with van der Waals surface area (Å²) in [5, 5.41) is 9.06. The molecule has 2 aliphatic rings. The minimum atomic E-state index is -3.20. The van der Waals surface area contributed by atoms with Crippen molar-refractivity contribution in [1.29, 1.82) is 0 Å². The number of hydrogen-bond acceptors (Lipinski definition) is 3. The topological polar surface area (TPSA) is 74.7 Å². The van der Waals surface area contributed by atoms with E-state index in [9.17, 15) is 13.2 Å². The van der Waals surface area contributed by atoms with E-state index in [0.717, 1.165) is 12.8 Å². The highest BCUT2D eigenvalue weighted by molar-refractivity contribution is 7.89. The minimum Gasteiger partial charge on any atom is -0.481 e. The molecule has 0 bridgehead atoms. The van der Waals surface area contributed by atoms with Crippen LogP contribution in [0.5, 0.6) is 0 Å². The van der Waals surface area contributed by atoms with E-state index in [1.54, 1.807) is 0 Å². The lowest BCUT2D eigenvalue weighted by Gasteiger charge is -2.33. The predicted octanol–water partition coefficient (Wildman–Crippen LogP) is 0.665. The van der Waals surface area contributed by atoms with Crippen LogP contribution in [0.15, 0.2) is 0 Å². The zero-order valence-corrected chi connectivity index (χ0v) is 9.95. The number of carbonyl (C=O) groups is 1. The van der Waals surface area contributed by atoms with Crippen molar-refractivity contribution in [3.63, 3.8) is 0 Å². The number of sulfonamides is 1. The van der Waals surface area contributed by atoms with Crippen LogP contribution in [0, 0.1) is 5.92 Å². The monoisotopic (exact) mass is 247 g/mol. The van der Waals surface area contributed by atoms with E-state index in [0.29, 0.717) is 25.8 Å². The third-order valence-electron chi connectivity index (χ3n) is 3.55. The van der Waals surface area contributed by atoms with Crippen molar-refractivity contribution < 1.29 is 18.3 Å². The molecule has 1 aliphatic heterocycles. The number of carboxylic acid groups (broad SMARTS) is 1. The van der Waals surface area contributed by atoms with Gasteiger partial charge in [-0.15, -0.1) is 0 Å². The normalized spacial score (nSPS) is 35.0. The largest absolute Gasteiger partial charge is 0.481 e. The number of rotatable bonds is 2. The molecule has 1 heterocycles. The van der Waals surface area contributed by atoms with Gasteiger partial charge in [-0.1, -0.05) is 6.42 Å². The Hall–Kier alpha value is -0.620. The summed E-state index contributed by atoms with van der Waals surface area (Å²) < 4.78 is 25.2. The van der Waals surface area contributed by atoms with Crippen molar-refractivity contribution in [1.82, 2.24) is 4.31 Å². The van der Waals surface area contributed by atoms with Crippen LogP contribution in [-0.4, -0.2) is 42.1 Å². The molecule has 1 N–H and O–H groups in total.